The summed E-state index contributed by atoms with van der Waals surface area (Å²) in [5.74, 6) is -2.40. The van der Waals surface area contributed by atoms with Gasteiger partial charge in [-0.05, 0) is 34.4 Å². The van der Waals surface area contributed by atoms with Crippen molar-refractivity contribution in [1.29, 1.82) is 0 Å². The largest absolute Gasteiger partial charge is 0.286 e. The molecule has 0 spiro atoms. The fraction of sp³-hybridized carbons (Fsp3) is 0. The first-order chi connectivity index (χ1) is 11.6. The molecular formula is C20H10O4. The molecule has 2 aromatic rings. The van der Waals surface area contributed by atoms with Gasteiger partial charge in [0.1, 0.15) is 0 Å². The van der Waals surface area contributed by atoms with Gasteiger partial charge in [0, 0.05) is 11.1 Å². The highest BCUT2D eigenvalue weighted by molar-refractivity contribution is 6.55. The number of allylic oxidation sites excluding steroid dienone is 4. The van der Waals surface area contributed by atoms with Crippen molar-refractivity contribution in [3.8, 4) is 0 Å². The van der Waals surface area contributed by atoms with Crippen LogP contribution in [0.5, 0.6) is 0 Å². The van der Waals surface area contributed by atoms with E-state index in [-0.39, 0.29) is 0 Å². The van der Waals surface area contributed by atoms with Crippen LogP contribution in [-0.2, 0) is 9.59 Å². The van der Waals surface area contributed by atoms with Crippen molar-refractivity contribution in [1.82, 2.24) is 0 Å². The van der Waals surface area contributed by atoms with Gasteiger partial charge in [-0.1, -0.05) is 48.5 Å². The molecule has 4 rings (SSSR count). The molecule has 0 amide bonds. The van der Waals surface area contributed by atoms with Crippen LogP contribution < -0.4 is 0 Å². The van der Waals surface area contributed by atoms with Gasteiger partial charge >= 0.3 is 0 Å². The molecule has 0 saturated heterocycles. The summed E-state index contributed by atoms with van der Waals surface area (Å²) in [6.45, 7) is 0. The molecule has 0 saturated carbocycles. The quantitative estimate of drug-likeness (QED) is 0.759. The van der Waals surface area contributed by atoms with E-state index in [0.29, 0.717) is 33.4 Å². The van der Waals surface area contributed by atoms with Gasteiger partial charge in [0.05, 0.1) is 0 Å². The average molecular weight is 314 g/mol. The Labute approximate surface area is 137 Å². The van der Waals surface area contributed by atoms with Gasteiger partial charge in [-0.2, -0.15) is 0 Å². The highest BCUT2D eigenvalue weighted by Crippen LogP contribution is 2.39. The van der Waals surface area contributed by atoms with E-state index in [1.54, 1.807) is 48.5 Å². The zero-order chi connectivity index (χ0) is 16.8. The SMILES string of the molecule is O=C1C=C(C2=CC(=O)C(=O)c3ccccc32)c2ccccc2C1=O. The first-order valence-electron chi connectivity index (χ1n) is 7.38. The summed E-state index contributed by atoms with van der Waals surface area (Å²) in [6.07, 6.45) is 2.49. The second kappa shape index (κ2) is 5.06. The first kappa shape index (κ1) is 14.2. The highest BCUT2D eigenvalue weighted by Gasteiger charge is 2.32. The minimum Gasteiger partial charge on any atom is -0.286 e. The molecule has 4 nitrogen and oxygen atoms in total. The number of hydrogen-bond acceptors (Lipinski definition) is 4. The molecule has 114 valence electrons. The average Bonchev–Trinajstić information content (AvgIpc) is 2.61. The topological polar surface area (TPSA) is 68.3 Å². The van der Waals surface area contributed by atoms with Crippen LogP contribution in [-0.4, -0.2) is 23.1 Å². The minimum absolute atomic E-state index is 0.308. The molecule has 0 aliphatic heterocycles. The number of rotatable bonds is 1. The lowest BCUT2D eigenvalue weighted by Crippen LogP contribution is -2.22. The standard InChI is InChI=1S/C20H10O4/c21-17-9-15(11-5-1-3-7-13(11)19(17)23)16-10-18(22)20(24)14-8-4-2-6-12(14)16/h1-10H. The predicted octanol–water partition coefficient (Wildman–Crippen LogP) is 2.68. The van der Waals surface area contributed by atoms with Crippen LogP contribution in [0.1, 0.15) is 31.8 Å². The Bertz CT molecular complexity index is 938. The van der Waals surface area contributed by atoms with Crippen molar-refractivity contribution >= 4 is 34.3 Å². The molecule has 0 N–H and O–H groups in total. The molecule has 0 atom stereocenters. The Balaban J connectivity index is 2.00. The van der Waals surface area contributed by atoms with Gasteiger partial charge < -0.3 is 0 Å². The fourth-order valence-electron chi connectivity index (χ4n) is 3.09. The third-order valence-corrected chi connectivity index (χ3v) is 4.21. The number of carbonyl (C=O) groups excluding carboxylic acids is 4. The molecule has 0 radical (unpaired) electrons. The van der Waals surface area contributed by atoms with E-state index in [1.165, 1.54) is 12.2 Å². The van der Waals surface area contributed by atoms with E-state index < -0.39 is 23.1 Å². The lowest BCUT2D eigenvalue weighted by Gasteiger charge is -2.22. The lowest BCUT2D eigenvalue weighted by atomic mass is 9.79. The van der Waals surface area contributed by atoms with Crippen LogP contribution in [0.15, 0.2) is 60.7 Å². The van der Waals surface area contributed by atoms with Crippen LogP contribution in [0.4, 0.5) is 0 Å². The van der Waals surface area contributed by atoms with E-state index in [9.17, 15) is 19.2 Å². The molecule has 4 heteroatoms. The number of Topliss-reactive ketones (excluding diaryl/α,β-unsaturated/α-hetero) is 2. The molecular weight excluding hydrogens is 304 g/mol. The maximum Gasteiger partial charge on any atom is 0.233 e. The summed E-state index contributed by atoms with van der Waals surface area (Å²) in [5, 5.41) is 0. The lowest BCUT2D eigenvalue weighted by molar-refractivity contribution is -0.111. The Morgan fingerprint density at radius 2 is 0.792 bits per heavy atom. The Kier molecular flexibility index (Phi) is 3.00. The van der Waals surface area contributed by atoms with Crippen LogP contribution in [0.2, 0.25) is 0 Å². The number of ketones is 4. The predicted molar refractivity (Wildman–Crippen MR) is 87.5 cm³/mol. The van der Waals surface area contributed by atoms with Crippen molar-refractivity contribution in [3.63, 3.8) is 0 Å². The van der Waals surface area contributed by atoms with Gasteiger partial charge in [0.2, 0.25) is 23.1 Å². The molecule has 0 fully saturated rings. The van der Waals surface area contributed by atoms with Crippen molar-refractivity contribution in [2.75, 3.05) is 0 Å². The summed E-state index contributed by atoms with van der Waals surface area (Å²) in [7, 11) is 0. The maximum atomic E-state index is 12.1. The second-order valence-corrected chi connectivity index (χ2v) is 5.59. The zero-order valence-corrected chi connectivity index (χ0v) is 12.4. The molecule has 0 aromatic heterocycles. The molecule has 2 aliphatic rings. The van der Waals surface area contributed by atoms with Crippen LogP contribution in [0, 0.1) is 0 Å². The van der Waals surface area contributed by atoms with Crippen molar-refractivity contribution in [3.05, 3.63) is 82.9 Å². The highest BCUT2D eigenvalue weighted by atomic mass is 16.2. The van der Waals surface area contributed by atoms with E-state index in [4.69, 9.17) is 0 Å². The number of hydrogen-bond donors (Lipinski definition) is 0. The van der Waals surface area contributed by atoms with Crippen molar-refractivity contribution < 1.29 is 19.2 Å². The second-order valence-electron chi connectivity index (χ2n) is 5.59. The molecule has 24 heavy (non-hydrogen) atoms. The van der Waals surface area contributed by atoms with Gasteiger partial charge in [-0.15, -0.1) is 0 Å². The van der Waals surface area contributed by atoms with Crippen molar-refractivity contribution in [2.24, 2.45) is 0 Å². The third kappa shape index (κ3) is 1.93. The Morgan fingerprint density at radius 1 is 0.458 bits per heavy atom. The van der Waals surface area contributed by atoms with Gasteiger partial charge in [-0.3, -0.25) is 19.2 Å². The Morgan fingerprint density at radius 3 is 1.17 bits per heavy atom. The molecule has 0 bridgehead atoms. The number of carbonyl (C=O) groups is 4. The smallest absolute Gasteiger partial charge is 0.233 e. The molecule has 0 heterocycles. The number of benzene rings is 2. The van der Waals surface area contributed by atoms with Crippen molar-refractivity contribution in [2.45, 2.75) is 0 Å². The van der Waals surface area contributed by atoms with Crippen LogP contribution >= 0.6 is 0 Å². The summed E-state index contributed by atoms with van der Waals surface area (Å²) >= 11 is 0. The summed E-state index contributed by atoms with van der Waals surface area (Å²) < 4.78 is 0. The van der Waals surface area contributed by atoms with Gasteiger partial charge in [0.25, 0.3) is 0 Å². The van der Waals surface area contributed by atoms with Gasteiger partial charge in [-0.25, -0.2) is 0 Å². The fourth-order valence-corrected chi connectivity index (χ4v) is 3.09. The molecule has 2 aromatic carbocycles. The summed E-state index contributed by atoms with van der Waals surface area (Å²) in [5.41, 5.74) is 2.77. The number of fused-ring (bicyclic) bond motifs is 2. The summed E-state index contributed by atoms with van der Waals surface area (Å²) in [4.78, 5) is 48.3. The molecule has 2 aliphatic carbocycles. The van der Waals surface area contributed by atoms with Gasteiger partial charge in [0.15, 0.2) is 0 Å². The van der Waals surface area contributed by atoms with E-state index in [0.717, 1.165) is 0 Å². The zero-order valence-electron chi connectivity index (χ0n) is 12.4. The monoisotopic (exact) mass is 314 g/mol. The maximum absolute atomic E-state index is 12.1. The first-order valence-corrected chi connectivity index (χ1v) is 7.38. The van der Waals surface area contributed by atoms with E-state index >= 15 is 0 Å². The Hall–Kier alpha value is -3.40. The van der Waals surface area contributed by atoms with E-state index in [2.05, 4.69) is 0 Å². The van der Waals surface area contributed by atoms with Crippen LogP contribution in [0.25, 0.3) is 11.1 Å². The minimum atomic E-state index is -0.633. The molecule has 0 unspecified atom stereocenters. The van der Waals surface area contributed by atoms with E-state index in [1.807, 2.05) is 0 Å². The third-order valence-electron chi connectivity index (χ3n) is 4.21. The van der Waals surface area contributed by atoms with Crippen LogP contribution in [0.3, 0.4) is 0 Å². The normalized spacial score (nSPS) is 16.3. The summed E-state index contributed by atoms with van der Waals surface area (Å²) in [6, 6.07) is 13.5.